The van der Waals surface area contributed by atoms with Gasteiger partial charge in [-0.05, 0) is 12.8 Å². The van der Waals surface area contributed by atoms with Crippen LogP contribution in [0.5, 0.6) is 0 Å². The van der Waals surface area contributed by atoms with Crippen LogP contribution in [-0.2, 0) is 13.6 Å². The largest absolute Gasteiger partial charge is 0.394 e. The molecule has 6 nitrogen and oxygen atoms in total. The van der Waals surface area contributed by atoms with Crippen LogP contribution in [0, 0.1) is 0 Å². The lowest BCUT2D eigenvalue weighted by molar-refractivity contribution is 0.157. The van der Waals surface area contributed by atoms with Crippen molar-refractivity contribution < 1.29 is 9.90 Å². The maximum Gasteiger partial charge on any atom is 0.317 e. The van der Waals surface area contributed by atoms with Crippen LogP contribution >= 0.6 is 0 Å². The second-order valence-corrected chi connectivity index (χ2v) is 4.35. The number of aliphatic hydroxyl groups excluding tert-OH is 1. The highest BCUT2D eigenvalue weighted by Gasteiger charge is 2.27. The predicted molar refractivity (Wildman–Crippen MR) is 62.3 cm³/mol. The molecule has 0 aromatic carbocycles. The van der Waals surface area contributed by atoms with Crippen LogP contribution in [-0.4, -0.2) is 45.0 Å². The van der Waals surface area contributed by atoms with Gasteiger partial charge >= 0.3 is 6.03 Å². The van der Waals surface area contributed by atoms with Gasteiger partial charge in [0.05, 0.1) is 18.8 Å². The van der Waals surface area contributed by atoms with Crippen molar-refractivity contribution in [2.24, 2.45) is 7.05 Å². The molecule has 0 radical (unpaired) electrons. The molecule has 1 fully saturated rings. The lowest BCUT2D eigenvalue weighted by Crippen LogP contribution is -2.43. The third-order valence-electron chi connectivity index (χ3n) is 3.05. The fourth-order valence-corrected chi connectivity index (χ4v) is 2.14. The quantitative estimate of drug-likeness (QED) is 0.784. The molecule has 6 heteroatoms. The van der Waals surface area contributed by atoms with Crippen molar-refractivity contribution in [1.29, 1.82) is 0 Å². The van der Waals surface area contributed by atoms with E-state index in [0.29, 0.717) is 6.54 Å². The average molecular weight is 238 g/mol. The number of aromatic nitrogens is 2. The van der Waals surface area contributed by atoms with E-state index in [1.807, 2.05) is 13.2 Å². The van der Waals surface area contributed by atoms with Crippen LogP contribution in [0.4, 0.5) is 4.79 Å². The van der Waals surface area contributed by atoms with Crippen LogP contribution in [0.1, 0.15) is 18.4 Å². The first-order valence-electron chi connectivity index (χ1n) is 5.83. The van der Waals surface area contributed by atoms with Gasteiger partial charge < -0.3 is 15.3 Å². The Labute approximate surface area is 100 Å². The fourth-order valence-electron chi connectivity index (χ4n) is 2.14. The summed E-state index contributed by atoms with van der Waals surface area (Å²) in [6.07, 6.45) is 5.45. The second-order valence-electron chi connectivity index (χ2n) is 4.35. The van der Waals surface area contributed by atoms with E-state index >= 15 is 0 Å². The number of likely N-dealkylation sites (tertiary alicyclic amines) is 1. The Hall–Kier alpha value is -1.56. The SMILES string of the molecule is Cn1cc(CNC(=O)N2CCCC2CO)cn1. The van der Waals surface area contributed by atoms with E-state index in [2.05, 4.69) is 10.4 Å². The van der Waals surface area contributed by atoms with Crippen LogP contribution in [0.2, 0.25) is 0 Å². The molecule has 2 rings (SSSR count). The summed E-state index contributed by atoms with van der Waals surface area (Å²) in [5, 5.41) is 16.0. The molecule has 0 bridgehead atoms. The molecule has 2 N–H and O–H groups in total. The minimum atomic E-state index is -0.106. The monoisotopic (exact) mass is 238 g/mol. The molecule has 1 aromatic rings. The van der Waals surface area contributed by atoms with E-state index in [1.54, 1.807) is 15.8 Å². The van der Waals surface area contributed by atoms with Gasteiger partial charge in [0.2, 0.25) is 0 Å². The van der Waals surface area contributed by atoms with Crippen LogP contribution in [0.3, 0.4) is 0 Å². The predicted octanol–water partition coefficient (Wildman–Crippen LogP) is 0.0864. The molecule has 1 aromatic heterocycles. The summed E-state index contributed by atoms with van der Waals surface area (Å²) in [4.78, 5) is 13.6. The van der Waals surface area contributed by atoms with Gasteiger partial charge in [0, 0.05) is 31.9 Å². The van der Waals surface area contributed by atoms with Crippen molar-refractivity contribution >= 4 is 6.03 Å². The first-order chi connectivity index (χ1) is 8.20. The zero-order valence-electron chi connectivity index (χ0n) is 9.96. The van der Waals surface area contributed by atoms with Gasteiger partial charge in [-0.25, -0.2) is 4.79 Å². The van der Waals surface area contributed by atoms with Crippen molar-refractivity contribution in [3.8, 4) is 0 Å². The number of rotatable bonds is 3. The molecule has 1 unspecified atom stereocenters. The summed E-state index contributed by atoms with van der Waals surface area (Å²) in [5.74, 6) is 0. The third-order valence-corrected chi connectivity index (χ3v) is 3.05. The normalized spacial score (nSPS) is 19.6. The molecular formula is C11H18N4O2. The minimum Gasteiger partial charge on any atom is -0.394 e. The summed E-state index contributed by atoms with van der Waals surface area (Å²) >= 11 is 0. The van der Waals surface area contributed by atoms with E-state index in [9.17, 15) is 4.79 Å². The van der Waals surface area contributed by atoms with Gasteiger partial charge in [-0.1, -0.05) is 0 Å². The highest BCUT2D eigenvalue weighted by molar-refractivity contribution is 5.74. The van der Waals surface area contributed by atoms with E-state index in [-0.39, 0.29) is 18.7 Å². The number of carbonyl (C=O) groups is 1. The van der Waals surface area contributed by atoms with Gasteiger partial charge in [0.15, 0.2) is 0 Å². The second kappa shape index (κ2) is 5.18. The Bertz CT molecular complexity index is 391. The third kappa shape index (κ3) is 2.76. The van der Waals surface area contributed by atoms with Gasteiger partial charge in [0.1, 0.15) is 0 Å². The molecule has 0 saturated carbocycles. The molecule has 2 heterocycles. The zero-order chi connectivity index (χ0) is 12.3. The Kier molecular flexibility index (Phi) is 3.63. The number of nitrogens with zero attached hydrogens (tertiary/aromatic N) is 3. The summed E-state index contributed by atoms with van der Waals surface area (Å²) in [6, 6.07) is -0.130. The van der Waals surface area contributed by atoms with Crippen LogP contribution in [0.15, 0.2) is 12.4 Å². The average Bonchev–Trinajstić information content (AvgIpc) is 2.94. The molecule has 94 valence electrons. The van der Waals surface area contributed by atoms with Gasteiger partial charge in [-0.15, -0.1) is 0 Å². The molecule has 0 aliphatic carbocycles. The topological polar surface area (TPSA) is 70.4 Å². The summed E-state index contributed by atoms with van der Waals surface area (Å²) < 4.78 is 1.70. The van der Waals surface area contributed by atoms with E-state index < -0.39 is 0 Å². The molecule has 1 atom stereocenters. The Morgan fingerprint density at radius 1 is 1.71 bits per heavy atom. The number of nitrogens with one attached hydrogen (secondary N) is 1. The van der Waals surface area contributed by atoms with E-state index in [1.165, 1.54) is 0 Å². The standard InChI is InChI=1S/C11H18N4O2/c1-14-7-9(6-13-14)5-12-11(17)15-4-2-3-10(15)8-16/h6-7,10,16H,2-5,8H2,1H3,(H,12,17). The summed E-state index contributed by atoms with van der Waals surface area (Å²) in [7, 11) is 1.84. The number of hydrogen-bond donors (Lipinski definition) is 2. The lowest BCUT2D eigenvalue weighted by Gasteiger charge is -2.23. The minimum absolute atomic E-state index is 0.0242. The Morgan fingerprint density at radius 2 is 2.53 bits per heavy atom. The smallest absolute Gasteiger partial charge is 0.317 e. The molecule has 2 amide bonds. The van der Waals surface area contributed by atoms with Crippen molar-refractivity contribution in [2.45, 2.75) is 25.4 Å². The van der Waals surface area contributed by atoms with Gasteiger partial charge in [0.25, 0.3) is 0 Å². The first kappa shape index (κ1) is 11.9. The Morgan fingerprint density at radius 3 is 3.18 bits per heavy atom. The molecular weight excluding hydrogens is 220 g/mol. The Balaban J connectivity index is 1.84. The number of hydrogen-bond acceptors (Lipinski definition) is 3. The molecule has 17 heavy (non-hydrogen) atoms. The number of amides is 2. The summed E-state index contributed by atoms with van der Waals surface area (Å²) in [6.45, 7) is 1.24. The molecule has 1 aliphatic rings. The highest BCUT2D eigenvalue weighted by Crippen LogP contribution is 2.16. The molecule has 0 spiro atoms. The van der Waals surface area contributed by atoms with Crippen molar-refractivity contribution in [1.82, 2.24) is 20.0 Å². The van der Waals surface area contributed by atoms with Gasteiger partial charge in [-0.3, -0.25) is 4.68 Å². The van der Waals surface area contributed by atoms with Crippen molar-refractivity contribution in [3.05, 3.63) is 18.0 Å². The van der Waals surface area contributed by atoms with E-state index in [0.717, 1.165) is 24.9 Å². The van der Waals surface area contributed by atoms with Crippen molar-refractivity contribution in [3.63, 3.8) is 0 Å². The highest BCUT2D eigenvalue weighted by atomic mass is 16.3. The fraction of sp³-hybridized carbons (Fsp3) is 0.636. The maximum atomic E-state index is 11.9. The van der Waals surface area contributed by atoms with Gasteiger partial charge in [-0.2, -0.15) is 5.10 Å². The zero-order valence-corrected chi connectivity index (χ0v) is 9.96. The number of aryl methyl sites for hydroxylation is 1. The molecule has 1 saturated heterocycles. The van der Waals surface area contributed by atoms with Crippen LogP contribution < -0.4 is 5.32 Å². The number of urea groups is 1. The maximum absolute atomic E-state index is 11.9. The number of aliphatic hydroxyl groups is 1. The number of carbonyl (C=O) groups excluding carboxylic acids is 1. The van der Waals surface area contributed by atoms with Crippen molar-refractivity contribution in [2.75, 3.05) is 13.2 Å². The first-order valence-corrected chi connectivity index (χ1v) is 5.83. The lowest BCUT2D eigenvalue weighted by atomic mass is 10.2. The van der Waals surface area contributed by atoms with E-state index in [4.69, 9.17) is 5.11 Å². The summed E-state index contributed by atoms with van der Waals surface area (Å²) in [5.41, 5.74) is 0.973. The van der Waals surface area contributed by atoms with Crippen LogP contribution in [0.25, 0.3) is 0 Å². The molecule has 1 aliphatic heterocycles.